The molecule has 0 bridgehead atoms. The summed E-state index contributed by atoms with van der Waals surface area (Å²) in [6, 6.07) is -0.144. The molecule has 0 saturated carbocycles. The zero-order chi connectivity index (χ0) is 11.9. The average molecular weight is 242 g/mol. The zero-order valence-electron chi connectivity index (χ0n) is 9.95. The molecular formula is C11H18N2O2S. The fourth-order valence-corrected chi connectivity index (χ4v) is 3.83. The summed E-state index contributed by atoms with van der Waals surface area (Å²) in [7, 11) is 0. The van der Waals surface area contributed by atoms with Gasteiger partial charge in [-0.1, -0.05) is 0 Å². The second kappa shape index (κ2) is 3.95. The second-order valence-corrected chi connectivity index (χ2v) is 6.43. The molecule has 2 atom stereocenters. The fourth-order valence-electron chi connectivity index (χ4n) is 2.40. The summed E-state index contributed by atoms with van der Waals surface area (Å²) in [5, 5.41) is 2.89. The SMILES string of the molecule is CC(C)NC(=O)[C@H]1CS[C@]2(C)CCC(=O)N12. The average Bonchev–Trinajstić information content (AvgIpc) is 2.64. The molecule has 1 N–H and O–H groups in total. The lowest BCUT2D eigenvalue weighted by Gasteiger charge is -2.30. The van der Waals surface area contributed by atoms with Gasteiger partial charge in [0.25, 0.3) is 0 Å². The topological polar surface area (TPSA) is 49.4 Å². The Kier molecular flexibility index (Phi) is 2.90. The summed E-state index contributed by atoms with van der Waals surface area (Å²) in [5.74, 6) is 0.832. The highest BCUT2D eigenvalue weighted by molar-refractivity contribution is 8.01. The van der Waals surface area contributed by atoms with Gasteiger partial charge in [0.1, 0.15) is 6.04 Å². The molecule has 2 heterocycles. The Morgan fingerprint density at radius 2 is 2.31 bits per heavy atom. The van der Waals surface area contributed by atoms with E-state index in [2.05, 4.69) is 12.2 Å². The predicted molar refractivity (Wildman–Crippen MR) is 64.0 cm³/mol. The number of amides is 2. The van der Waals surface area contributed by atoms with Crippen LogP contribution in [0.2, 0.25) is 0 Å². The summed E-state index contributed by atoms with van der Waals surface area (Å²) in [4.78, 5) is 25.4. The van der Waals surface area contributed by atoms with E-state index in [1.54, 1.807) is 16.7 Å². The summed E-state index contributed by atoms with van der Waals surface area (Å²) in [6.07, 6.45) is 1.44. The third-order valence-electron chi connectivity index (χ3n) is 3.18. The van der Waals surface area contributed by atoms with Crippen molar-refractivity contribution >= 4 is 23.6 Å². The molecule has 16 heavy (non-hydrogen) atoms. The Morgan fingerprint density at radius 3 is 2.94 bits per heavy atom. The van der Waals surface area contributed by atoms with Crippen LogP contribution in [0.25, 0.3) is 0 Å². The van der Waals surface area contributed by atoms with E-state index in [-0.39, 0.29) is 28.8 Å². The van der Waals surface area contributed by atoms with Gasteiger partial charge >= 0.3 is 0 Å². The minimum absolute atomic E-state index is 0.0125. The van der Waals surface area contributed by atoms with Crippen molar-refractivity contribution in [2.45, 2.75) is 50.6 Å². The maximum atomic E-state index is 12.0. The number of nitrogens with one attached hydrogen (secondary N) is 1. The first-order valence-corrected chi connectivity index (χ1v) is 6.69. The number of fused-ring (bicyclic) bond motifs is 1. The van der Waals surface area contributed by atoms with Gasteiger partial charge in [-0.3, -0.25) is 9.59 Å². The maximum absolute atomic E-state index is 12.0. The van der Waals surface area contributed by atoms with E-state index in [0.29, 0.717) is 6.42 Å². The summed E-state index contributed by atoms with van der Waals surface area (Å²) in [5.41, 5.74) is 0. The van der Waals surface area contributed by atoms with Gasteiger partial charge in [0, 0.05) is 18.2 Å². The number of rotatable bonds is 2. The monoisotopic (exact) mass is 242 g/mol. The third kappa shape index (κ3) is 1.81. The van der Waals surface area contributed by atoms with Crippen LogP contribution in [0.5, 0.6) is 0 Å². The van der Waals surface area contributed by atoms with Crippen molar-refractivity contribution in [1.82, 2.24) is 10.2 Å². The quantitative estimate of drug-likeness (QED) is 0.785. The van der Waals surface area contributed by atoms with Crippen LogP contribution in [0.1, 0.15) is 33.6 Å². The number of hydrogen-bond acceptors (Lipinski definition) is 3. The largest absolute Gasteiger partial charge is 0.352 e. The van der Waals surface area contributed by atoms with E-state index in [4.69, 9.17) is 0 Å². The van der Waals surface area contributed by atoms with Crippen LogP contribution in [0.3, 0.4) is 0 Å². The Hall–Kier alpha value is -0.710. The molecule has 0 aromatic carbocycles. The molecular weight excluding hydrogens is 224 g/mol. The highest BCUT2D eigenvalue weighted by Gasteiger charge is 2.52. The molecule has 0 aromatic rings. The summed E-state index contributed by atoms with van der Waals surface area (Å²) >= 11 is 1.73. The highest BCUT2D eigenvalue weighted by Crippen LogP contribution is 2.47. The Morgan fingerprint density at radius 1 is 1.62 bits per heavy atom. The van der Waals surface area contributed by atoms with Crippen LogP contribution in [0.4, 0.5) is 0 Å². The van der Waals surface area contributed by atoms with Crippen molar-refractivity contribution < 1.29 is 9.59 Å². The number of hydrogen-bond donors (Lipinski definition) is 1. The predicted octanol–water partition coefficient (Wildman–Crippen LogP) is 0.965. The van der Waals surface area contributed by atoms with Crippen molar-refractivity contribution in [3.8, 4) is 0 Å². The van der Waals surface area contributed by atoms with Crippen molar-refractivity contribution in [1.29, 1.82) is 0 Å². The highest BCUT2D eigenvalue weighted by atomic mass is 32.2. The van der Waals surface area contributed by atoms with E-state index < -0.39 is 0 Å². The van der Waals surface area contributed by atoms with Gasteiger partial charge in [-0.15, -0.1) is 11.8 Å². The fraction of sp³-hybridized carbons (Fsp3) is 0.818. The number of carbonyl (C=O) groups excluding carboxylic acids is 2. The molecule has 2 rings (SSSR count). The Bertz CT molecular complexity index is 332. The molecule has 0 spiro atoms. The lowest BCUT2D eigenvalue weighted by atomic mass is 10.2. The van der Waals surface area contributed by atoms with Gasteiger partial charge in [0.2, 0.25) is 11.8 Å². The summed E-state index contributed by atoms with van der Waals surface area (Å²) in [6.45, 7) is 5.93. The molecule has 0 radical (unpaired) electrons. The lowest BCUT2D eigenvalue weighted by Crippen LogP contribution is -2.51. The van der Waals surface area contributed by atoms with Crippen LogP contribution in [-0.4, -0.2) is 39.4 Å². The molecule has 2 saturated heterocycles. The molecule has 2 aliphatic rings. The van der Waals surface area contributed by atoms with E-state index in [9.17, 15) is 9.59 Å². The van der Waals surface area contributed by atoms with Crippen molar-refractivity contribution in [2.24, 2.45) is 0 Å². The molecule has 0 aromatic heterocycles. The number of carbonyl (C=O) groups is 2. The second-order valence-electron chi connectivity index (χ2n) is 4.93. The Balaban J connectivity index is 2.13. The number of thioether (sulfide) groups is 1. The standard InChI is InChI=1S/C11H18N2O2S/c1-7(2)12-10(15)8-6-16-11(3)5-4-9(14)13(8)11/h7-8H,4-6H2,1-3H3,(H,12,15)/t8-,11-/m1/s1. The lowest BCUT2D eigenvalue weighted by molar-refractivity contribution is -0.138. The van der Waals surface area contributed by atoms with E-state index >= 15 is 0 Å². The van der Waals surface area contributed by atoms with Crippen LogP contribution < -0.4 is 5.32 Å². The molecule has 90 valence electrons. The molecule has 0 unspecified atom stereocenters. The van der Waals surface area contributed by atoms with Crippen LogP contribution >= 0.6 is 11.8 Å². The van der Waals surface area contributed by atoms with E-state index in [1.807, 2.05) is 13.8 Å². The van der Waals surface area contributed by atoms with Crippen LogP contribution in [-0.2, 0) is 9.59 Å². The summed E-state index contributed by atoms with van der Waals surface area (Å²) < 4.78 is 0. The minimum Gasteiger partial charge on any atom is -0.352 e. The first-order chi connectivity index (χ1) is 7.44. The van der Waals surface area contributed by atoms with Crippen LogP contribution in [0, 0.1) is 0 Å². The van der Waals surface area contributed by atoms with Gasteiger partial charge in [-0.05, 0) is 27.2 Å². The van der Waals surface area contributed by atoms with Gasteiger partial charge in [-0.25, -0.2) is 0 Å². The molecule has 2 aliphatic heterocycles. The van der Waals surface area contributed by atoms with Crippen molar-refractivity contribution in [3.05, 3.63) is 0 Å². The first kappa shape index (κ1) is 11.8. The Labute approximate surface area is 100 Å². The van der Waals surface area contributed by atoms with Crippen molar-refractivity contribution in [2.75, 3.05) is 5.75 Å². The first-order valence-electron chi connectivity index (χ1n) is 5.70. The van der Waals surface area contributed by atoms with Crippen LogP contribution in [0.15, 0.2) is 0 Å². The minimum atomic E-state index is -0.271. The van der Waals surface area contributed by atoms with Gasteiger partial charge < -0.3 is 10.2 Å². The molecule has 2 amide bonds. The molecule has 2 fully saturated rings. The van der Waals surface area contributed by atoms with Gasteiger partial charge in [-0.2, -0.15) is 0 Å². The normalized spacial score (nSPS) is 33.4. The molecule has 0 aliphatic carbocycles. The van der Waals surface area contributed by atoms with Crippen molar-refractivity contribution in [3.63, 3.8) is 0 Å². The van der Waals surface area contributed by atoms with E-state index in [1.165, 1.54) is 0 Å². The number of nitrogens with zero attached hydrogens (tertiary/aromatic N) is 1. The van der Waals surface area contributed by atoms with Gasteiger partial charge in [0.15, 0.2) is 0 Å². The molecule has 4 nitrogen and oxygen atoms in total. The smallest absolute Gasteiger partial charge is 0.243 e. The zero-order valence-corrected chi connectivity index (χ0v) is 10.8. The third-order valence-corrected chi connectivity index (χ3v) is 4.68. The molecule has 5 heteroatoms. The van der Waals surface area contributed by atoms with Gasteiger partial charge in [0.05, 0.1) is 4.87 Å². The van der Waals surface area contributed by atoms with E-state index in [0.717, 1.165) is 12.2 Å². The maximum Gasteiger partial charge on any atom is 0.243 e.